The average Bonchev–Trinajstić information content (AvgIpc) is 2.85. The molecule has 3 rings (SSSR count). The number of aryl methyl sites for hydroxylation is 4. The number of carbonyl (C=O) groups is 2. The number of hydrogen-bond donors (Lipinski definition) is 1. The highest BCUT2D eigenvalue weighted by atomic mass is 32.2. The summed E-state index contributed by atoms with van der Waals surface area (Å²) in [7, 11) is -4.09. The smallest absolute Gasteiger partial charge is 0.264 e. The molecule has 0 saturated carbocycles. The Morgan fingerprint density at radius 3 is 1.79 bits per heavy atom. The number of carbonyl (C=O) groups excluding carboxylic acids is 2. The van der Waals surface area contributed by atoms with E-state index in [1.807, 2.05) is 71.9 Å². The molecule has 39 heavy (non-hydrogen) atoms. The zero-order valence-corrected chi connectivity index (χ0v) is 24.7. The number of rotatable bonds is 10. The first kappa shape index (κ1) is 29.9. The quantitative estimate of drug-likeness (QED) is 0.383. The maximum Gasteiger partial charge on any atom is 0.264 e. The van der Waals surface area contributed by atoms with Gasteiger partial charge in [0.15, 0.2) is 0 Å². The van der Waals surface area contributed by atoms with Gasteiger partial charge in [0.25, 0.3) is 10.0 Å². The lowest BCUT2D eigenvalue weighted by molar-refractivity contribution is -0.139. The number of benzene rings is 3. The van der Waals surface area contributed by atoms with E-state index in [-0.39, 0.29) is 23.4 Å². The van der Waals surface area contributed by atoms with Gasteiger partial charge in [0.05, 0.1) is 10.6 Å². The maximum atomic E-state index is 14.0. The number of anilines is 1. The fourth-order valence-electron chi connectivity index (χ4n) is 4.34. The topological polar surface area (TPSA) is 86.8 Å². The Bertz CT molecular complexity index is 1390. The Balaban J connectivity index is 2.06. The molecule has 1 N–H and O–H groups in total. The lowest BCUT2D eigenvalue weighted by Gasteiger charge is -2.32. The van der Waals surface area contributed by atoms with Crippen LogP contribution in [0.1, 0.15) is 48.6 Å². The van der Waals surface area contributed by atoms with Crippen LogP contribution in [0.4, 0.5) is 5.69 Å². The van der Waals surface area contributed by atoms with Gasteiger partial charge in [-0.15, -0.1) is 0 Å². The van der Waals surface area contributed by atoms with E-state index in [0.29, 0.717) is 5.69 Å². The molecule has 0 aliphatic rings. The summed E-state index contributed by atoms with van der Waals surface area (Å²) >= 11 is 0. The zero-order valence-electron chi connectivity index (χ0n) is 23.9. The minimum Gasteiger partial charge on any atom is -0.352 e. The van der Waals surface area contributed by atoms with Crippen LogP contribution in [0.25, 0.3) is 0 Å². The number of nitrogens with one attached hydrogen (secondary N) is 1. The Morgan fingerprint density at radius 2 is 1.28 bits per heavy atom. The maximum absolute atomic E-state index is 14.0. The first-order chi connectivity index (χ1) is 18.3. The summed E-state index contributed by atoms with van der Waals surface area (Å²) in [6.07, 6.45) is 0. The van der Waals surface area contributed by atoms with Gasteiger partial charge in [0, 0.05) is 12.6 Å². The van der Waals surface area contributed by atoms with Crippen LogP contribution < -0.4 is 9.62 Å². The van der Waals surface area contributed by atoms with Crippen LogP contribution in [0, 0.1) is 27.7 Å². The molecule has 0 radical (unpaired) electrons. The standard InChI is InChI=1S/C31H39N3O4S/c1-21(2)32-31(36)26(7)33(19-27-12-8-22(3)9-13-27)30(35)20-34(28-17-24(5)16-25(6)18-28)39(37,38)29-14-10-23(4)11-15-29/h8-18,21,26H,19-20H2,1-7H3,(H,32,36)/t26-/m0/s1. The number of amides is 2. The highest BCUT2D eigenvalue weighted by molar-refractivity contribution is 7.92. The average molecular weight is 550 g/mol. The van der Waals surface area contributed by atoms with Crippen LogP contribution in [-0.4, -0.2) is 43.8 Å². The van der Waals surface area contributed by atoms with Gasteiger partial charge < -0.3 is 10.2 Å². The largest absolute Gasteiger partial charge is 0.352 e. The van der Waals surface area contributed by atoms with E-state index in [1.165, 1.54) is 4.90 Å². The predicted molar refractivity (Wildman–Crippen MR) is 156 cm³/mol. The summed E-state index contributed by atoms with van der Waals surface area (Å²) in [5.74, 6) is -0.776. The summed E-state index contributed by atoms with van der Waals surface area (Å²) in [5.41, 5.74) is 5.00. The van der Waals surface area contributed by atoms with Crippen molar-refractivity contribution in [1.29, 1.82) is 0 Å². The summed E-state index contributed by atoms with van der Waals surface area (Å²) in [5, 5.41) is 2.87. The van der Waals surface area contributed by atoms with Gasteiger partial charge >= 0.3 is 0 Å². The molecule has 3 aromatic rings. The van der Waals surface area contributed by atoms with Crippen molar-refractivity contribution in [2.45, 2.75) is 72.0 Å². The lowest BCUT2D eigenvalue weighted by atomic mass is 10.1. The molecule has 0 fully saturated rings. The molecule has 8 heteroatoms. The van der Waals surface area contributed by atoms with E-state index in [2.05, 4.69) is 5.32 Å². The van der Waals surface area contributed by atoms with Gasteiger partial charge in [-0.3, -0.25) is 13.9 Å². The molecule has 7 nitrogen and oxygen atoms in total. The fraction of sp³-hybridized carbons (Fsp3) is 0.355. The molecule has 0 spiro atoms. The van der Waals surface area contributed by atoms with Crippen LogP contribution in [0.3, 0.4) is 0 Å². The highest BCUT2D eigenvalue weighted by Gasteiger charge is 2.32. The van der Waals surface area contributed by atoms with Gasteiger partial charge in [-0.05, 0) is 89.4 Å². The summed E-state index contributed by atoms with van der Waals surface area (Å²) in [4.78, 5) is 28.5. The second kappa shape index (κ2) is 12.5. The number of hydrogen-bond acceptors (Lipinski definition) is 4. The third kappa shape index (κ3) is 7.69. The molecule has 0 aliphatic carbocycles. The van der Waals surface area contributed by atoms with E-state index in [1.54, 1.807) is 43.3 Å². The molecule has 0 aliphatic heterocycles. The Labute approximate surface area is 232 Å². The van der Waals surface area contributed by atoms with Crippen molar-refractivity contribution in [3.63, 3.8) is 0 Å². The molecule has 0 bridgehead atoms. The van der Waals surface area contributed by atoms with Gasteiger partial charge in [0.1, 0.15) is 12.6 Å². The van der Waals surface area contributed by atoms with Crippen LogP contribution in [0.15, 0.2) is 71.6 Å². The van der Waals surface area contributed by atoms with Crippen molar-refractivity contribution in [2.75, 3.05) is 10.8 Å². The third-order valence-corrected chi connectivity index (χ3v) is 8.24. The summed E-state index contributed by atoms with van der Waals surface area (Å²) < 4.78 is 29.0. The molecule has 208 valence electrons. The van der Waals surface area contributed by atoms with Gasteiger partial charge in [-0.1, -0.05) is 53.6 Å². The monoisotopic (exact) mass is 549 g/mol. The molecule has 0 unspecified atom stereocenters. The number of nitrogens with zero attached hydrogens (tertiary/aromatic N) is 2. The molecule has 0 saturated heterocycles. The molecule has 0 aromatic heterocycles. The van der Waals surface area contributed by atoms with E-state index >= 15 is 0 Å². The lowest BCUT2D eigenvalue weighted by Crippen LogP contribution is -2.52. The van der Waals surface area contributed by atoms with Crippen molar-refractivity contribution in [2.24, 2.45) is 0 Å². The van der Waals surface area contributed by atoms with Crippen molar-refractivity contribution < 1.29 is 18.0 Å². The van der Waals surface area contributed by atoms with Crippen molar-refractivity contribution in [3.05, 3.63) is 94.5 Å². The minimum absolute atomic E-state index is 0.0933. The van der Waals surface area contributed by atoms with Crippen molar-refractivity contribution >= 4 is 27.5 Å². The van der Waals surface area contributed by atoms with Gasteiger partial charge in [0.2, 0.25) is 11.8 Å². The normalized spacial score (nSPS) is 12.2. The highest BCUT2D eigenvalue weighted by Crippen LogP contribution is 2.27. The van der Waals surface area contributed by atoms with E-state index in [0.717, 1.165) is 32.1 Å². The molecular formula is C31H39N3O4S. The van der Waals surface area contributed by atoms with Crippen molar-refractivity contribution in [3.8, 4) is 0 Å². The van der Waals surface area contributed by atoms with Gasteiger partial charge in [-0.25, -0.2) is 8.42 Å². The first-order valence-corrected chi connectivity index (χ1v) is 14.5. The Morgan fingerprint density at radius 1 is 0.769 bits per heavy atom. The fourth-order valence-corrected chi connectivity index (χ4v) is 5.74. The van der Waals surface area contributed by atoms with E-state index in [4.69, 9.17) is 0 Å². The van der Waals surface area contributed by atoms with Crippen LogP contribution in [0.2, 0.25) is 0 Å². The van der Waals surface area contributed by atoms with Crippen LogP contribution in [-0.2, 0) is 26.2 Å². The number of sulfonamides is 1. The third-order valence-electron chi connectivity index (χ3n) is 6.45. The summed E-state index contributed by atoms with van der Waals surface area (Å²) in [6.45, 7) is 12.7. The van der Waals surface area contributed by atoms with Crippen LogP contribution in [0.5, 0.6) is 0 Å². The van der Waals surface area contributed by atoms with E-state index in [9.17, 15) is 18.0 Å². The predicted octanol–water partition coefficient (Wildman–Crippen LogP) is 5.06. The molecule has 0 heterocycles. The van der Waals surface area contributed by atoms with Gasteiger partial charge in [-0.2, -0.15) is 0 Å². The zero-order chi connectivity index (χ0) is 28.9. The van der Waals surface area contributed by atoms with Crippen LogP contribution >= 0.6 is 0 Å². The molecule has 2 amide bonds. The van der Waals surface area contributed by atoms with Crippen molar-refractivity contribution in [1.82, 2.24) is 10.2 Å². The summed E-state index contributed by atoms with van der Waals surface area (Å²) in [6, 6.07) is 18.8. The second-order valence-corrected chi connectivity index (χ2v) is 12.4. The Kier molecular flexibility index (Phi) is 9.56. The molecular weight excluding hydrogens is 510 g/mol. The first-order valence-electron chi connectivity index (χ1n) is 13.1. The molecule has 3 aromatic carbocycles. The Hall–Kier alpha value is -3.65. The molecule has 1 atom stereocenters. The van der Waals surface area contributed by atoms with E-state index < -0.39 is 28.5 Å². The SMILES string of the molecule is Cc1ccc(CN(C(=O)CN(c2cc(C)cc(C)c2)S(=O)(=O)c2ccc(C)cc2)[C@@H](C)C(=O)NC(C)C)cc1. The second-order valence-electron chi connectivity index (χ2n) is 10.5. The minimum atomic E-state index is -4.09.